The van der Waals surface area contributed by atoms with Crippen LogP contribution in [0.4, 0.5) is 5.69 Å². The van der Waals surface area contributed by atoms with Crippen molar-refractivity contribution >= 4 is 49.5 Å². The molecule has 0 radical (unpaired) electrons. The lowest BCUT2D eigenvalue weighted by Gasteiger charge is -2.13. The van der Waals surface area contributed by atoms with E-state index in [1.807, 2.05) is 18.2 Å². The Hall–Kier alpha value is -1.54. The van der Waals surface area contributed by atoms with Crippen LogP contribution < -0.4 is 10.9 Å². The summed E-state index contributed by atoms with van der Waals surface area (Å²) in [7, 11) is 0. The second-order valence-electron chi connectivity index (χ2n) is 4.18. The Morgan fingerprint density at radius 1 is 1.27 bits per heavy atom. The molecule has 1 rings (SSSR count). The van der Waals surface area contributed by atoms with Crippen LogP contribution in [0.3, 0.4) is 0 Å². The van der Waals surface area contributed by atoms with Gasteiger partial charge in [-0.2, -0.15) is 0 Å². The highest BCUT2D eigenvalue weighted by Gasteiger charge is 2.10. The third kappa shape index (κ3) is 6.95. The zero-order valence-electron chi connectivity index (χ0n) is 11.9. The number of esters is 1. The van der Waals surface area contributed by atoms with Crippen LogP contribution in [-0.2, 0) is 14.3 Å². The summed E-state index contributed by atoms with van der Waals surface area (Å²) in [5.41, 5.74) is 6.51. The third-order valence-corrected chi connectivity index (χ3v) is 3.32. The van der Waals surface area contributed by atoms with Crippen LogP contribution in [-0.4, -0.2) is 23.7 Å². The Bertz CT molecular complexity index is 556. The topological polar surface area (TPSA) is 87.7 Å². The van der Waals surface area contributed by atoms with E-state index >= 15 is 0 Å². The van der Waals surface area contributed by atoms with Crippen LogP contribution in [0.25, 0.3) is 0 Å². The first-order valence-corrected chi connectivity index (χ1v) is 8.08. The summed E-state index contributed by atoms with van der Waals surface area (Å²) < 4.78 is 6.64. The van der Waals surface area contributed by atoms with Gasteiger partial charge in [-0.15, -0.1) is 0 Å². The van der Waals surface area contributed by atoms with E-state index in [4.69, 9.17) is 9.84 Å². The van der Waals surface area contributed by atoms with Crippen LogP contribution in [0.1, 0.15) is 19.8 Å². The van der Waals surface area contributed by atoms with E-state index in [0.717, 1.165) is 14.6 Å². The summed E-state index contributed by atoms with van der Waals surface area (Å²) in [6, 6.07) is 5.51. The minimum absolute atomic E-state index is 0.0625. The summed E-state index contributed by atoms with van der Waals surface area (Å²) in [4.78, 5) is 22.4. The molecule has 0 heterocycles. The fourth-order valence-corrected chi connectivity index (χ4v) is 2.79. The van der Waals surface area contributed by atoms with Crippen molar-refractivity contribution in [1.82, 2.24) is 5.43 Å². The fourth-order valence-electron chi connectivity index (χ4n) is 1.50. The molecule has 0 saturated heterocycles. The average Bonchev–Trinajstić information content (AvgIpc) is 2.41. The van der Waals surface area contributed by atoms with Crippen molar-refractivity contribution in [2.24, 2.45) is 0 Å². The highest BCUT2D eigenvalue weighted by Crippen LogP contribution is 2.22. The quantitative estimate of drug-likeness (QED) is 0.329. The minimum atomic E-state index is -0.927. The molecule has 0 bridgehead atoms. The number of rotatable bonds is 8. The number of halogens is 2. The van der Waals surface area contributed by atoms with Crippen molar-refractivity contribution in [3.8, 4) is 0 Å². The molecule has 0 amide bonds. The van der Waals surface area contributed by atoms with E-state index in [-0.39, 0.29) is 25.1 Å². The first-order valence-electron chi connectivity index (χ1n) is 6.49. The molecule has 0 saturated carbocycles. The molecule has 0 aliphatic carbocycles. The number of anilines is 1. The zero-order chi connectivity index (χ0) is 16.5. The maximum Gasteiger partial charge on any atom is 0.355 e. The fraction of sp³-hybridized carbons (Fsp3) is 0.286. The van der Waals surface area contributed by atoms with Gasteiger partial charge in [-0.25, -0.2) is 4.79 Å². The van der Waals surface area contributed by atoms with Gasteiger partial charge in [0.25, 0.3) is 0 Å². The summed E-state index contributed by atoms with van der Waals surface area (Å²) >= 11 is 6.72. The van der Waals surface area contributed by atoms with Crippen molar-refractivity contribution in [1.29, 1.82) is 0 Å². The largest absolute Gasteiger partial charge is 0.481 e. The van der Waals surface area contributed by atoms with Gasteiger partial charge < -0.3 is 15.3 Å². The van der Waals surface area contributed by atoms with E-state index in [2.05, 4.69) is 42.7 Å². The molecule has 0 fully saturated rings. The van der Waals surface area contributed by atoms with Crippen LogP contribution in [0.2, 0.25) is 0 Å². The zero-order valence-corrected chi connectivity index (χ0v) is 15.0. The second-order valence-corrected chi connectivity index (χ2v) is 6.01. The summed E-state index contributed by atoms with van der Waals surface area (Å²) in [5, 5.41) is 8.65. The summed E-state index contributed by atoms with van der Waals surface area (Å²) in [6.07, 6.45) is 1.65. The first kappa shape index (κ1) is 18.5. The van der Waals surface area contributed by atoms with E-state index in [1.54, 1.807) is 6.92 Å². The van der Waals surface area contributed by atoms with E-state index in [0.29, 0.717) is 0 Å². The number of carboxylic acids is 1. The van der Waals surface area contributed by atoms with Gasteiger partial charge >= 0.3 is 11.9 Å². The van der Waals surface area contributed by atoms with Crippen LogP contribution in [0.15, 0.2) is 38.9 Å². The van der Waals surface area contributed by atoms with E-state index < -0.39 is 11.9 Å². The Labute approximate surface area is 145 Å². The Morgan fingerprint density at radius 2 is 1.91 bits per heavy atom. The van der Waals surface area contributed by atoms with Gasteiger partial charge in [0.05, 0.1) is 12.3 Å². The van der Waals surface area contributed by atoms with Crippen LogP contribution >= 0.6 is 31.9 Å². The van der Waals surface area contributed by atoms with Crippen molar-refractivity contribution < 1.29 is 19.4 Å². The molecule has 6 nitrogen and oxygen atoms in total. The number of carboxylic acid groups (broad SMARTS) is 1. The smallest absolute Gasteiger partial charge is 0.355 e. The van der Waals surface area contributed by atoms with Gasteiger partial charge in [-0.3, -0.25) is 10.2 Å². The van der Waals surface area contributed by atoms with Gasteiger partial charge in [0.1, 0.15) is 5.70 Å². The van der Waals surface area contributed by atoms with Crippen LogP contribution in [0.5, 0.6) is 0 Å². The third-order valence-electron chi connectivity index (χ3n) is 2.41. The van der Waals surface area contributed by atoms with Gasteiger partial charge in [0.15, 0.2) is 0 Å². The van der Waals surface area contributed by atoms with Gasteiger partial charge in [0.2, 0.25) is 0 Å². The predicted molar refractivity (Wildman–Crippen MR) is 90.2 cm³/mol. The van der Waals surface area contributed by atoms with Gasteiger partial charge in [-0.05, 0) is 31.5 Å². The molecular weight excluding hydrogens is 420 g/mol. The van der Waals surface area contributed by atoms with Crippen molar-refractivity contribution in [2.75, 3.05) is 12.0 Å². The number of allylic oxidation sites excluding steroid dienone is 1. The molecule has 3 N–H and O–H groups in total. The monoisotopic (exact) mass is 434 g/mol. The predicted octanol–water partition coefficient (Wildman–Crippen LogP) is 3.44. The number of carbonyl (C=O) groups is 2. The number of hydrogen-bond donors (Lipinski definition) is 3. The molecule has 0 unspecified atom stereocenters. The molecule has 1 aromatic carbocycles. The number of carbonyl (C=O) groups excluding carboxylic acids is 1. The Morgan fingerprint density at radius 3 is 2.45 bits per heavy atom. The first-order chi connectivity index (χ1) is 10.4. The maximum atomic E-state index is 11.8. The Balaban J connectivity index is 2.74. The Kier molecular flexibility index (Phi) is 7.97. The number of nitrogens with one attached hydrogen (secondary N) is 2. The SMILES string of the molecule is CCOC(=O)/C(=C\CCC(=O)O)NNc1cc(Br)cc(Br)c1. The van der Waals surface area contributed by atoms with Crippen LogP contribution in [0, 0.1) is 0 Å². The highest BCUT2D eigenvalue weighted by atomic mass is 79.9. The number of ether oxygens (including phenoxy) is 1. The molecule has 0 aromatic heterocycles. The molecule has 22 heavy (non-hydrogen) atoms. The summed E-state index contributed by atoms with van der Waals surface area (Å²) in [6.45, 7) is 1.94. The lowest BCUT2D eigenvalue weighted by atomic mass is 10.2. The normalized spacial score (nSPS) is 11.0. The highest BCUT2D eigenvalue weighted by molar-refractivity contribution is 9.11. The lowest BCUT2D eigenvalue weighted by molar-refractivity contribution is -0.139. The molecule has 1 aromatic rings. The maximum absolute atomic E-state index is 11.8. The molecule has 120 valence electrons. The lowest BCUT2D eigenvalue weighted by Crippen LogP contribution is -2.27. The molecule has 0 aliphatic rings. The molecular formula is C14H16Br2N2O4. The second kappa shape index (κ2) is 9.47. The number of aliphatic carboxylic acids is 1. The molecule has 0 atom stereocenters. The van der Waals surface area contributed by atoms with Crippen molar-refractivity contribution in [2.45, 2.75) is 19.8 Å². The van der Waals surface area contributed by atoms with Crippen molar-refractivity contribution in [3.05, 3.63) is 38.9 Å². The van der Waals surface area contributed by atoms with E-state index in [1.165, 1.54) is 6.08 Å². The molecule has 8 heteroatoms. The van der Waals surface area contributed by atoms with Crippen molar-refractivity contribution in [3.63, 3.8) is 0 Å². The molecule has 0 spiro atoms. The van der Waals surface area contributed by atoms with E-state index in [9.17, 15) is 9.59 Å². The standard InChI is InChI=1S/C14H16Br2N2O4/c1-2-22-14(21)12(4-3-5-13(19)20)18-17-11-7-9(15)6-10(16)8-11/h4,6-8,17-18H,2-3,5H2,1H3,(H,19,20)/b12-4+. The number of hydrazine groups is 1. The number of hydrogen-bond acceptors (Lipinski definition) is 5. The molecule has 0 aliphatic heterocycles. The summed E-state index contributed by atoms with van der Waals surface area (Å²) in [5.74, 6) is -1.47. The van der Waals surface area contributed by atoms with Gasteiger partial charge in [0, 0.05) is 15.4 Å². The average molecular weight is 436 g/mol. The van der Waals surface area contributed by atoms with Gasteiger partial charge in [-0.1, -0.05) is 37.9 Å². The number of benzene rings is 1. The minimum Gasteiger partial charge on any atom is -0.481 e.